The van der Waals surface area contributed by atoms with Crippen molar-refractivity contribution >= 4 is 68.1 Å². The van der Waals surface area contributed by atoms with Gasteiger partial charge in [-0.25, -0.2) is 0 Å². The van der Waals surface area contributed by atoms with Crippen molar-refractivity contribution in [2.45, 2.75) is 111 Å². The number of fused-ring (bicyclic) bond motifs is 4. The van der Waals surface area contributed by atoms with Crippen LogP contribution in [-0.2, 0) is 5.41 Å². The molecule has 0 atom stereocenters. The van der Waals surface area contributed by atoms with E-state index >= 15 is 0 Å². The van der Waals surface area contributed by atoms with E-state index in [1.54, 1.807) is 20.9 Å². The van der Waals surface area contributed by atoms with Gasteiger partial charge in [0, 0.05) is 55.6 Å². The lowest BCUT2D eigenvalue weighted by Crippen LogP contribution is -2.25. The summed E-state index contributed by atoms with van der Waals surface area (Å²) in [4.78, 5) is 11.4. The maximum absolute atomic E-state index is 4.84. The molecular weight excluding hydrogens is 657 g/mol. The Labute approximate surface area is 294 Å². The summed E-state index contributed by atoms with van der Waals surface area (Å²) in [5, 5.41) is 0. The molecule has 0 fully saturated rings. The molecule has 0 unspecified atom stereocenters. The van der Waals surface area contributed by atoms with Crippen molar-refractivity contribution in [1.29, 1.82) is 0 Å². The van der Waals surface area contributed by atoms with Crippen LogP contribution in [0.25, 0.3) is 51.4 Å². The molecule has 1 aliphatic rings. The lowest BCUT2D eigenvalue weighted by atomic mass is 9.71. The molecule has 7 rings (SSSR count). The highest BCUT2D eigenvalue weighted by atomic mass is 32.1. The van der Waals surface area contributed by atoms with Crippen LogP contribution in [-0.4, -0.2) is 8.75 Å². The predicted octanol–water partition coefficient (Wildman–Crippen LogP) is 14.4. The van der Waals surface area contributed by atoms with Crippen LogP contribution >= 0.6 is 57.1 Å². The average Bonchev–Trinajstić information content (AvgIpc) is 3.88. The van der Waals surface area contributed by atoms with Crippen LogP contribution in [0, 0.1) is 27.7 Å². The Kier molecular flexibility index (Phi) is 9.43. The molecule has 0 amide bonds. The van der Waals surface area contributed by atoms with E-state index in [4.69, 9.17) is 8.75 Å². The molecule has 0 saturated carbocycles. The maximum atomic E-state index is 4.84. The number of benzene rings is 1. The third-order valence-electron chi connectivity index (χ3n) is 9.99. The second-order valence-corrected chi connectivity index (χ2v) is 18.4. The minimum atomic E-state index is 0.173. The van der Waals surface area contributed by atoms with Gasteiger partial charge >= 0.3 is 0 Å². The molecule has 46 heavy (non-hydrogen) atoms. The fraction of sp³-hybridized carbons (Fsp3) is 0.436. The molecule has 2 nitrogen and oxygen atoms in total. The first-order valence-corrected chi connectivity index (χ1v) is 21.0. The molecule has 0 aliphatic heterocycles. The molecule has 6 aromatic rings. The van der Waals surface area contributed by atoms with Gasteiger partial charge in [0.1, 0.15) is 11.0 Å². The lowest BCUT2D eigenvalue weighted by molar-refractivity contribution is 0.402. The average molecular weight is 701 g/mol. The molecule has 5 aromatic heterocycles. The minimum absolute atomic E-state index is 0.173. The van der Waals surface area contributed by atoms with Crippen molar-refractivity contribution in [2.24, 2.45) is 0 Å². The van der Waals surface area contributed by atoms with Crippen molar-refractivity contribution in [3.63, 3.8) is 0 Å². The van der Waals surface area contributed by atoms with Gasteiger partial charge in [-0.15, -0.1) is 45.3 Å². The Morgan fingerprint density at radius 1 is 0.565 bits per heavy atom. The van der Waals surface area contributed by atoms with Gasteiger partial charge in [0.15, 0.2) is 0 Å². The van der Waals surface area contributed by atoms with Crippen molar-refractivity contribution in [3.05, 3.63) is 68.4 Å². The normalized spacial score (nSPS) is 13.6. The molecule has 5 heterocycles. The SMILES string of the molecule is CCCCCCC1(CCCCCC)c2cc(C)sc2-c2sc(-c3sc(-c4ccc(-c5cc(C)c(C)s5)c5nsnc45)cc3C)cc21. The van der Waals surface area contributed by atoms with Gasteiger partial charge in [-0.3, -0.25) is 0 Å². The minimum Gasteiger partial charge on any atom is -0.172 e. The summed E-state index contributed by atoms with van der Waals surface area (Å²) in [6, 6.07) is 14.4. The standard InChI is InChI=1S/C39H44N2S5/c1-7-9-11-13-17-39(18-14-12-10-8-2)29-21-25(5)42-37(29)38-30(39)22-33(45-38)36-24(4)20-32(44-36)28-16-15-27(34-35(28)41-46-40-34)31-19-23(3)26(6)43-31/h15-16,19-22H,7-14,17-18H2,1-6H3. The molecule has 1 aliphatic carbocycles. The Morgan fingerprint density at radius 3 is 1.74 bits per heavy atom. The molecule has 0 saturated heterocycles. The summed E-state index contributed by atoms with van der Waals surface area (Å²) >= 11 is 9.20. The van der Waals surface area contributed by atoms with Gasteiger partial charge in [-0.2, -0.15) is 8.75 Å². The summed E-state index contributed by atoms with van der Waals surface area (Å²) in [5.74, 6) is 0. The first-order valence-electron chi connectivity index (χ1n) is 17.0. The Hall–Kier alpha value is -2.16. The lowest BCUT2D eigenvalue weighted by Gasteiger charge is -2.31. The number of hydrogen-bond acceptors (Lipinski definition) is 7. The zero-order valence-corrected chi connectivity index (χ0v) is 32.1. The summed E-state index contributed by atoms with van der Waals surface area (Å²) in [6.07, 6.45) is 13.2. The van der Waals surface area contributed by atoms with Gasteiger partial charge in [0.2, 0.25) is 0 Å². The molecule has 0 radical (unpaired) electrons. The van der Waals surface area contributed by atoms with E-state index in [1.165, 1.54) is 127 Å². The highest BCUT2D eigenvalue weighted by Crippen LogP contribution is 2.61. The van der Waals surface area contributed by atoms with E-state index in [-0.39, 0.29) is 5.41 Å². The van der Waals surface area contributed by atoms with E-state index in [1.807, 2.05) is 45.3 Å². The highest BCUT2D eigenvalue weighted by Gasteiger charge is 2.45. The summed E-state index contributed by atoms with van der Waals surface area (Å²) in [6.45, 7) is 13.7. The third-order valence-corrected chi connectivity index (χ3v) is 15.5. The number of unbranched alkanes of at least 4 members (excludes halogenated alkanes) is 6. The predicted molar refractivity (Wildman–Crippen MR) is 208 cm³/mol. The molecule has 0 spiro atoms. The monoisotopic (exact) mass is 700 g/mol. The first kappa shape index (κ1) is 32.4. The Morgan fingerprint density at radius 2 is 1.13 bits per heavy atom. The van der Waals surface area contributed by atoms with Crippen LogP contribution in [0.4, 0.5) is 0 Å². The van der Waals surface area contributed by atoms with E-state index in [0.29, 0.717) is 0 Å². The topological polar surface area (TPSA) is 25.8 Å². The summed E-state index contributed by atoms with van der Waals surface area (Å²) < 4.78 is 9.64. The zero-order chi connectivity index (χ0) is 32.0. The first-order chi connectivity index (χ1) is 22.3. The van der Waals surface area contributed by atoms with Gasteiger partial charge in [0.05, 0.1) is 11.7 Å². The molecule has 240 valence electrons. The van der Waals surface area contributed by atoms with E-state index in [0.717, 1.165) is 11.0 Å². The quantitative estimate of drug-likeness (QED) is 0.112. The Balaban J connectivity index is 1.28. The molecule has 0 N–H and O–H groups in total. The smallest absolute Gasteiger partial charge is 0.114 e. The van der Waals surface area contributed by atoms with Crippen molar-refractivity contribution < 1.29 is 0 Å². The third kappa shape index (κ3) is 5.68. The van der Waals surface area contributed by atoms with Crippen molar-refractivity contribution in [1.82, 2.24) is 8.75 Å². The van der Waals surface area contributed by atoms with Crippen LogP contribution in [0.15, 0.2) is 36.4 Å². The van der Waals surface area contributed by atoms with E-state index < -0.39 is 0 Å². The Bertz CT molecular complexity index is 1960. The van der Waals surface area contributed by atoms with E-state index in [2.05, 4.69) is 77.9 Å². The maximum Gasteiger partial charge on any atom is 0.114 e. The molecule has 7 heteroatoms. The highest BCUT2D eigenvalue weighted by molar-refractivity contribution is 7.27. The molecule has 0 bridgehead atoms. The number of hydrogen-bond donors (Lipinski definition) is 0. The van der Waals surface area contributed by atoms with Gasteiger partial charge in [0.25, 0.3) is 0 Å². The summed E-state index contributed by atoms with van der Waals surface area (Å²) in [7, 11) is 0. The van der Waals surface area contributed by atoms with Gasteiger partial charge in [-0.1, -0.05) is 77.3 Å². The molecular formula is C39H44N2S5. The van der Waals surface area contributed by atoms with Crippen LogP contribution in [0.5, 0.6) is 0 Å². The number of nitrogens with zero attached hydrogens (tertiary/aromatic N) is 2. The zero-order valence-electron chi connectivity index (χ0n) is 28.0. The molecule has 1 aromatic carbocycles. The number of rotatable bonds is 13. The van der Waals surface area contributed by atoms with Crippen molar-refractivity contribution in [2.75, 3.05) is 0 Å². The van der Waals surface area contributed by atoms with Crippen molar-refractivity contribution in [3.8, 4) is 40.4 Å². The fourth-order valence-corrected chi connectivity index (χ4v) is 12.9. The second-order valence-electron chi connectivity index (χ2n) is 13.3. The van der Waals surface area contributed by atoms with Gasteiger partial charge < -0.3 is 0 Å². The second kappa shape index (κ2) is 13.4. The van der Waals surface area contributed by atoms with Crippen LogP contribution < -0.4 is 0 Å². The largest absolute Gasteiger partial charge is 0.172 e. The number of aromatic nitrogens is 2. The van der Waals surface area contributed by atoms with Crippen LogP contribution in [0.1, 0.15) is 110 Å². The van der Waals surface area contributed by atoms with Gasteiger partial charge in [-0.05, 0) is 87.1 Å². The fourth-order valence-electron chi connectivity index (χ4n) is 7.41. The van der Waals surface area contributed by atoms with Crippen LogP contribution in [0.2, 0.25) is 0 Å². The number of aryl methyl sites for hydroxylation is 4. The van der Waals surface area contributed by atoms with E-state index in [9.17, 15) is 0 Å². The number of thiophene rings is 4. The summed E-state index contributed by atoms with van der Waals surface area (Å²) in [5.41, 5.74) is 10.6. The van der Waals surface area contributed by atoms with Crippen LogP contribution in [0.3, 0.4) is 0 Å².